The molecule has 0 aliphatic rings. The van der Waals surface area contributed by atoms with E-state index in [0.717, 1.165) is 22.2 Å². The molecule has 7 nitrogen and oxygen atoms in total. The van der Waals surface area contributed by atoms with E-state index in [-0.39, 0.29) is 6.67 Å². The standard InChI is InChI=1S/C18H23N5O2/c1-5-13-22-14-15(11-8-6-7-9-12(11)21-16(14)19)23(13)10-20-17(24)25-18(2,3)4/h6-9H,5,10H2,1-4H3,(H2,19,21)(H,20,24). The third-order valence-electron chi connectivity index (χ3n) is 3.79. The molecule has 3 aromatic rings. The highest BCUT2D eigenvalue weighted by Gasteiger charge is 2.19. The molecule has 3 N–H and O–H groups in total. The summed E-state index contributed by atoms with van der Waals surface area (Å²) >= 11 is 0. The summed E-state index contributed by atoms with van der Waals surface area (Å²) in [4.78, 5) is 21.1. The molecular formula is C18H23N5O2. The van der Waals surface area contributed by atoms with Gasteiger partial charge in [-0.3, -0.25) is 0 Å². The summed E-state index contributed by atoms with van der Waals surface area (Å²) in [7, 11) is 0. The maximum Gasteiger partial charge on any atom is 0.409 e. The Hall–Kier alpha value is -2.83. The van der Waals surface area contributed by atoms with Crippen LogP contribution in [-0.4, -0.2) is 26.2 Å². The number of nitrogens with zero attached hydrogens (tertiary/aromatic N) is 3. The summed E-state index contributed by atoms with van der Waals surface area (Å²) < 4.78 is 7.27. The molecule has 0 saturated heterocycles. The minimum Gasteiger partial charge on any atom is -0.444 e. The molecule has 2 heterocycles. The normalized spacial score (nSPS) is 11.8. The molecule has 2 aromatic heterocycles. The smallest absolute Gasteiger partial charge is 0.409 e. The largest absolute Gasteiger partial charge is 0.444 e. The summed E-state index contributed by atoms with van der Waals surface area (Å²) in [5, 5.41) is 3.74. The third kappa shape index (κ3) is 3.35. The number of para-hydroxylation sites is 1. The average Bonchev–Trinajstić information content (AvgIpc) is 2.91. The number of carbonyl (C=O) groups is 1. The number of aryl methyl sites for hydroxylation is 1. The summed E-state index contributed by atoms with van der Waals surface area (Å²) in [6.45, 7) is 7.75. The van der Waals surface area contributed by atoms with Crippen molar-refractivity contribution in [3.63, 3.8) is 0 Å². The van der Waals surface area contributed by atoms with Crippen molar-refractivity contribution in [2.75, 3.05) is 5.73 Å². The van der Waals surface area contributed by atoms with Gasteiger partial charge in [0.25, 0.3) is 0 Å². The molecule has 0 spiro atoms. The number of alkyl carbamates (subject to hydrolysis) is 1. The van der Waals surface area contributed by atoms with Crippen LogP contribution in [0.2, 0.25) is 0 Å². The number of carbonyl (C=O) groups excluding carboxylic acids is 1. The van der Waals surface area contributed by atoms with Gasteiger partial charge in [-0.05, 0) is 26.8 Å². The molecule has 1 amide bonds. The van der Waals surface area contributed by atoms with E-state index >= 15 is 0 Å². The fourth-order valence-electron chi connectivity index (χ4n) is 2.80. The number of amides is 1. The van der Waals surface area contributed by atoms with Crippen LogP contribution in [0.4, 0.5) is 10.6 Å². The van der Waals surface area contributed by atoms with Gasteiger partial charge in [0.05, 0.1) is 17.7 Å². The summed E-state index contributed by atoms with van der Waals surface area (Å²) in [6, 6.07) is 7.76. The summed E-state index contributed by atoms with van der Waals surface area (Å²) in [5.74, 6) is 1.22. The maximum atomic E-state index is 12.0. The van der Waals surface area contributed by atoms with Crippen LogP contribution in [0, 0.1) is 0 Å². The number of hydrogen-bond acceptors (Lipinski definition) is 5. The van der Waals surface area contributed by atoms with Crippen LogP contribution < -0.4 is 11.1 Å². The molecule has 0 radical (unpaired) electrons. The Labute approximate surface area is 146 Å². The van der Waals surface area contributed by atoms with Gasteiger partial charge in [-0.2, -0.15) is 0 Å². The van der Waals surface area contributed by atoms with Crippen molar-refractivity contribution in [1.82, 2.24) is 19.9 Å². The lowest BCUT2D eigenvalue weighted by molar-refractivity contribution is 0.0512. The van der Waals surface area contributed by atoms with Crippen molar-refractivity contribution in [3.8, 4) is 0 Å². The van der Waals surface area contributed by atoms with Crippen molar-refractivity contribution in [2.45, 2.75) is 46.4 Å². The summed E-state index contributed by atoms with van der Waals surface area (Å²) in [6.07, 6.45) is 0.237. The Morgan fingerprint density at radius 3 is 2.68 bits per heavy atom. The highest BCUT2D eigenvalue weighted by atomic mass is 16.6. The molecule has 7 heteroatoms. The monoisotopic (exact) mass is 341 g/mol. The zero-order chi connectivity index (χ0) is 18.2. The van der Waals surface area contributed by atoms with Crippen molar-refractivity contribution in [2.24, 2.45) is 0 Å². The minimum atomic E-state index is -0.546. The average molecular weight is 341 g/mol. The number of benzene rings is 1. The molecule has 0 atom stereocenters. The lowest BCUT2D eigenvalue weighted by Crippen LogP contribution is -2.33. The highest BCUT2D eigenvalue weighted by Crippen LogP contribution is 2.28. The molecule has 0 aliphatic heterocycles. The predicted molar refractivity (Wildman–Crippen MR) is 98.2 cm³/mol. The molecule has 132 valence electrons. The van der Waals surface area contributed by atoms with E-state index in [0.29, 0.717) is 17.8 Å². The first-order chi connectivity index (χ1) is 11.8. The second-order valence-corrected chi connectivity index (χ2v) is 6.86. The Morgan fingerprint density at radius 2 is 2.00 bits per heavy atom. The van der Waals surface area contributed by atoms with E-state index in [9.17, 15) is 4.79 Å². The number of ether oxygens (including phenoxy) is 1. The first-order valence-corrected chi connectivity index (χ1v) is 8.30. The fraction of sp³-hybridized carbons (Fsp3) is 0.389. The van der Waals surface area contributed by atoms with Crippen LogP contribution in [0.25, 0.3) is 21.9 Å². The maximum absolute atomic E-state index is 12.0. The van der Waals surface area contributed by atoms with Crippen LogP contribution in [0.1, 0.15) is 33.5 Å². The number of hydrogen-bond donors (Lipinski definition) is 2. The van der Waals surface area contributed by atoms with Crippen LogP contribution >= 0.6 is 0 Å². The highest BCUT2D eigenvalue weighted by molar-refractivity contribution is 6.06. The minimum absolute atomic E-state index is 0.252. The van der Waals surface area contributed by atoms with E-state index in [1.165, 1.54) is 0 Å². The molecule has 3 rings (SSSR count). The first kappa shape index (κ1) is 17.0. The first-order valence-electron chi connectivity index (χ1n) is 8.30. The number of imidazole rings is 1. The van der Waals surface area contributed by atoms with E-state index in [2.05, 4.69) is 15.3 Å². The van der Waals surface area contributed by atoms with Gasteiger partial charge < -0.3 is 20.4 Å². The Kier molecular flexibility index (Phi) is 4.24. The number of aromatic nitrogens is 3. The van der Waals surface area contributed by atoms with E-state index in [1.807, 2.05) is 56.5 Å². The second-order valence-electron chi connectivity index (χ2n) is 6.86. The SMILES string of the molecule is CCc1nc2c(N)nc3ccccc3c2n1CNC(=O)OC(C)(C)C. The number of fused-ring (bicyclic) bond motifs is 3. The Morgan fingerprint density at radius 1 is 1.28 bits per heavy atom. The number of nitrogens with one attached hydrogen (secondary N) is 1. The van der Waals surface area contributed by atoms with Crippen LogP contribution in [0.3, 0.4) is 0 Å². The molecule has 1 aromatic carbocycles. The predicted octanol–water partition coefficient (Wildman–Crippen LogP) is 3.21. The lowest BCUT2D eigenvalue weighted by atomic mass is 10.2. The number of rotatable bonds is 3. The van der Waals surface area contributed by atoms with Crippen molar-refractivity contribution < 1.29 is 9.53 Å². The number of pyridine rings is 1. The molecule has 0 unspecified atom stereocenters. The number of nitrogen functional groups attached to an aromatic ring is 1. The summed E-state index contributed by atoms with van der Waals surface area (Å²) in [5.41, 5.74) is 7.88. The van der Waals surface area contributed by atoms with Gasteiger partial charge in [0, 0.05) is 11.8 Å². The lowest BCUT2D eigenvalue weighted by Gasteiger charge is -2.20. The molecule has 25 heavy (non-hydrogen) atoms. The Balaban J connectivity index is 2.06. The van der Waals surface area contributed by atoms with Crippen molar-refractivity contribution in [1.29, 1.82) is 0 Å². The van der Waals surface area contributed by atoms with Crippen molar-refractivity contribution >= 4 is 33.8 Å². The van der Waals surface area contributed by atoms with Gasteiger partial charge >= 0.3 is 6.09 Å². The van der Waals surface area contributed by atoms with Crippen LogP contribution in [-0.2, 0) is 17.8 Å². The fourth-order valence-corrected chi connectivity index (χ4v) is 2.80. The second kappa shape index (κ2) is 6.23. The van der Waals surface area contributed by atoms with Gasteiger partial charge in [-0.25, -0.2) is 14.8 Å². The molecule has 0 saturated carbocycles. The van der Waals surface area contributed by atoms with E-state index in [4.69, 9.17) is 10.5 Å². The van der Waals surface area contributed by atoms with Crippen LogP contribution in [0.15, 0.2) is 24.3 Å². The number of nitrogens with two attached hydrogens (primary N) is 1. The zero-order valence-corrected chi connectivity index (χ0v) is 15.0. The molecule has 0 bridgehead atoms. The van der Waals surface area contributed by atoms with E-state index < -0.39 is 11.7 Å². The quantitative estimate of drug-likeness (QED) is 0.763. The molecule has 0 aliphatic carbocycles. The van der Waals surface area contributed by atoms with E-state index in [1.54, 1.807) is 0 Å². The van der Waals surface area contributed by atoms with Gasteiger partial charge in [0.2, 0.25) is 0 Å². The zero-order valence-electron chi connectivity index (χ0n) is 15.0. The van der Waals surface area contributed by atoms with Crippen molar-refractivity contribution in [3.05, 3.63) is 30.1 Å². The van der Waals surface area contributed by atoms with Crippen LogP contribution in [0.5, 0.6) is 0 Å². The van der Waals surface area contributed by atoms with Gasteiger partial charge in [0.15, 0.2) is 5.82 Å². The Bertz CT molecular complexity index is 940. The molecular weight excluding hydrogens is 318 g/mol. The van der Waals surface area contributed by atoms with Gasteiger partial charge in [-0.1, -0.05) is 25.1 Å². The van der Waals surface area contributed by atoms with Gasteiger partial charge in [0.1, 0.15) is 16.9 Å². The topological polar surface area (TPSA) is 95.1 Å². The third-order valence-corrected chi connectivity index (χ3v) is 3.79. The van der Waals surface area contributed by atoms with Gasteiger partial charge in [-0.15, -0.1) is 0 Å². The molecule has 0 fully saturated rings. The number of anilines is 1.